The van der Waals surface area contributed by atoms with Crippen LogP contribution in [0, 0.1) is 22.7 Å². The highest BCUT2D eigenvalue weighted by atomic mass is 32.1. The topological polar surface area (TPSA) is 91.2 Å². The number of nitrogens with zero attached hydrogens (tertiary/aromatic N) is 6. The summed E-state index contributed by atoms with van der Waals surface area (Å²) < 4.78 is 4.79. The fourth-order valence-electron chi connectivity index (χ4n) is 8.28. The number of hydrogen-bond acceptors (Lipinski definition) is 6. The van der Waals surface area contributed by atoms with E-state index in [2.05, 4.69) is 120 Å². The van der Waals surface area contributed by atoms with E-state index in [4.69, 9.17) is 15.0 Å². The third-order valence-electron chi connectivity index (χ3n) is 11.1. The summed E-state index contributed by atoms with van der Waals surface area (Å²) in [5.41, 5.74) is 10.3. The van der Waals surface area contributed by atoms with Gasteiger partial charge < -0.3 is 4.57 Å². The van der Waals surface area contributed by atoms with E-state index in [1.807, 2.05) is 78.1 Å². The molecule has 60 heavy (non-hydrogen) atoms. The van der Waals surface area contributed by atoms with Crippen molar-refractivity contribution in [3.63, 3.8) is 0 Å². The quantitative estimate of drug-likeness (QED) is 0.167. The van der Waals surface area contributed by atoms with Gasteiger partial charge in [0, 0.05) is 47.6 Å². The molecule has 7 heteroatoms. The molecule has 0 radical (unpaired) electrons. The molecule has 11 rings (SSSR count). The Labute approximate surface area is 349 Å². The van der Waals surface area contributed by atoms with Crippen molar-refractivity contribution in [2.45, 2.75) is 0 Å². The lowest BCUT2D eigenvalue weighted by Gasteiger charge is -2.16. The Kier molecular flexibility index (Phi) is 8.34. The summed E-state index contributed by atoms with van der Waals surface area (Å²) >= 11 is 1.81. The van der Waals surface area contributed by atoms with Gasteiger partial charge in [0.2, 0.25) is 0 Å². The van der Waals surface area contributed by atoms with Crippen molar-refractivity contribution >= 4 is 53.3 Å². The molecule has 0 atom stereocenters. The Morgan fingerprint density at radius 2 is 1.02 bits per heavy atom. The second-order valence-corrected chi connectivity index (χ2v) is 15.7. The zero-order valence-corrected chi connectivity index (χ0v) is 32.7. The number of hydrogen-bond donors (Lipinski definition) is 0. The molecule has 0 aliphatic rings. The van der Waals surface area contributed by atoms with Crippen molar-refractivity contribution in [1.82, 2.24) is 19.5 Å². The number of aromatic nitrogens is 4. The van der Waals surface area contributed by atoms with Gasteiger partial charge in [-0.25, -0.2) is 15.0 Å². The van der Waals surface area contributed by atoms with Crippen LogP contribution in [0.25, 0.3) is 104 Å². The maximum absolute atomic E-state index is 10.1. The van der Waals surface area contributed by atoms with Crippen molar-refractivity contribution in [3.05, 3.63) is 193 Å². The first-order chi connectivity index (χ1) is 29.6. The molecule has 0 unspecified atom stereocenters. The minimum absolute atomic E-state index is 0.455. The maximum Gasteiger partial charge on any atom is 0.166 e. The van der Waals surface area contributed by atoms with Crippen molar-refractivity contribution < 1.29 is 0 Å². The summed E-state index contributed by atoms with van der Waals surface area (Å²) in [4.78, 5) is 15.5. The van der Waals surface area contributed by atoms with Crippen LogP contribution in [0.3, 0.4) is 0 Å². The Morgan fingerprint density at radius 3 is 1.77 bits per heavy atom. The van der Waals surface area contributed by atoms with Gasteiger partial charge in [0.25, 0.3) is 0 Å². The number of nitriles is 2. The van der Waals surface area contributed by atoms with Crippen LogP contribution in [0.5, 0.6) is 0 Å². The van der Waals surface area contributed by atoms with Crippen LogP contribution in [0.1, 0.15) is 11.1 Å². The van der Waals surface area contributed by atoms with E-state index in [0.29, 0.717) is 28.6 Å². The van der Waals surface area contributed by atoms with Gasteiger partial charge in [-0.05, 0) is 76.9 Å². The van der Waals surface area contributed by atoms with Gasteiger partial charge in [0.15, 0.2) is 17.5 Å². The molecule has 0 spiro atoms. The number of rotatable bonds is 6. The highest BCUT2D eigenvalue weighted by Gasteiger charge is 2.21. The largest absolute Gasteiger partial charge is 0.309 e. The average Bonchev–Trinajstić information content (AvgIpc) is 3.86. The Balaban J connectivity index is 1.18. The average molecular weight is 783 g/mol. The summed E-state index contributed by atoms with van der Waals surface area (Å²) in [6, 6.07) is 66.5. The predicted octanol–water partition coefficient (Wildman–Crippen LogP) is 13.4. The SMILES string of the molecule is N#Cc1ccc(-c2ccc3c(c2)c2ccccc2n3-c2ccc(-c3ccc4c(c3)sc3ccccc34)cc2-c2nc(-c3ccccc3)nc(-c3ccccc3)n2)c(C#N)c1. The zero-order chi connectivity index (χ0) is 40.2. The summed E-state index contributed by atoms with van der Waals surface area (Å²) in [5, 5.41) is 24.2. The molecule has 0 aliphatic heterocycles. The Morgan fingerprint density at radius 1 is 0.400 bits per heavy atom. The number of benzene rings is 8. The molecule has 3 aromatic heterocycles. The number of thiophene rings is 1. The fourth-order valence-corrected chi connectivity index (χ4v) is 9.43. The molecule has 278 valence electrons. The first-order valence-electron chi connectivity index (χ1n) is 19.5. The first kappa shape index (κ1) is 35.0. The van der Waals surface area contributed by atoms with Crippen molar-refractivity contribution in [2.75, 3.05) is 0 Å². The third-order valence-corrected chi connectivity index (χ3v) is 12.3. The summed E-state index contributed by atoms with van der Waals surface area (Å²) in [6.07, 6.45) is 0. The molecule has 0 saturated heterocycles. The van der Waals surface area contributed by atoms with Crippen LogP contribution >= 0.6 is 11.3 Å². The van der Waals surface area contributed by atoms with Crippen LogP contribution in [0.4, 0.5) is 0 Å². The van der Waals surface area contributed by atoms with E-state index in [1.165, 1.54) is 20.2 Å². The van der Waals surface area contributed by atoms with Gasteiger partial charge in [0.1, 0.15) is 0 Å². The minimum atomic E-state index is 0.455. The van der Waals surface area contributed by atoms with E-state index in [9.17, 15) is 10.5 Å². The highest BCUT2D eigenvalue weighted by Crippen LogP contribution is 2.41. The second-order valence-electron chi connectivity index (χ2n) is 14.6. The van der Waals surface area contributed by atoms with Gasteiger partial charge in [-0.3, -0.25) is 0 Å². The minimum Gasteiger partial charge on any atom is -0.309 e. The molecule has 0 bridgehead atoms. The molecular weight excluding hydrogens is 753 g/mol. The predicted molar refractivity (Wildman–Crippen MR) is 244 cm³/mol. The molecule has 0 aliphatic carbocycles. The van der Waals surface area contributed by atoms with Crippen LogP contribution in [0.15, 0.2) is 182 Å². The highest BCUT2D eigenvalue weighted by molar-refractivity contribution is 7.25. The smallest absolute Gasteiger partial charge is 0.166 e. The van der Waals surface area contributed by atoms with Crippen molar-refractivity contribution in [2.24, 2.45) is 0 Å². The molecule has 0 saturated carbocycles. The molecule has 3 heterocycles. The number of fused-ring (bicyclic) bond motifs is 6. The lowest BCUT2D eigenvalue weighted by Crippen LogP contribution is -2.04. The van der Waals surface area contributed by atoms with E-state index >= 15 is 0 Å². The van der Waals surface area contributed by atoms with Gasteiger partial charge in [-0.15, -0.1) is 11.3 Å². The van der Waals surface area contributed by atoms with Crippen molar-refractivity contribution in [3.8, 4) is 74.2 Å². The van der Waals surface area contributed by atoms with Gasteiger partial charge in [-0.1, -0.05) is 127 Å². The van der Waals surface area contributed by atoms with Crippen LogP contribution in [-0.2, 0) is 0 Å². The Bertz CT molecular complexity index is 3520. The van der Waals surface area contributed by atoms with Crippen molar-refractivity contribution in [1.29, 1.82) is 10.5 Å². The van der Waals surface area contributed by atoms with Gasteiger partial charge in [-0.2, -0.15) is 10.5 Å². The zero-order valence-electron chi connectivity index (χ0n) is 31.9. The lowest BCUT2D eigenvalue weighted by molar-refractivity contribution is 1.06. The molecule has 0 fully saturated rings. The van der Waals surface area contributed by atoms with E-state index in [0.717, 1.165) is 66.4 Å². The van der Waals surface area contributed by atoms with Gasteiger partial charge in [0.05, 0.1) is 40.0 Å². The summed E-state index contributed by atoms with van der Waals surface area (Å²) in [5.74, 6) is 1.73. The van der Waals surface area contributed by atoms with Crippen LogP contribution in [0.2, 0.25) is 0 Å². The summed E-state index contributed by atoms with van der Waals surface area (Å²) in [6.45, 7) is 0. The van der Waals surface area contributed by atoms with E-state index in [-0.39, 0.29) is 0 Å². The molecule has 0 N–H and O–H groups in total. The normalized spacial score (nSPS) is 11.3. The third kappa shape index (κ3) is 5.89. The van der Waals surface area contributed by atoms with Gasteiger partial charge >= 0.3 is 0 Å². The Hall–Kier alpha value is -8.23. The molecule has 6 nitrogen and oxygen atoms in total. The second kappa shape index (κ2) is 14.3. The molecule has 8 aromatic carbocycles. The molecule has 11 aromatic rings. The first-order valence-corrected chi connectivity index (χ1v) is 20.4. The molecule has 0 amide bonds. The van der Waals surface area contributed by atoms with Crippen LogP contribution in [-0.4, -0.2) is 19.5 Å². The number of para-hydroxylation sites is 1. The standard InChI is InChI=1S/C53H30N6S/c54-31-33-19-23-40(39(27-33)32-55)38-22-26-47-44(29-38)41-15-7-9-17-46(41)59(47)48-25-21-36(37-20-24-43-42-16-8-10-18-49(42)60-50(43)30-37)28-45(48)53-57-51(34-11-3-1-4-12-34)56-52(58-53)35-13-5-2-6-14-35/h1-30H. The fraction of sp³-hybridized carbons (Fsp3) is 0. The molecular formula is C53H30N6S. The van der Waals surface area contributed by atoms with E-state index < -0.39 is 0 Å². The summed E-state index contributed by atoms with van der Waals surface area (Å²) in [7, 11) is 0. The maximum atomic E-state index is 10.1. The van der Waals surface area contributed by atoms with E-state index in [1.54, 1.807) is 12.1 Å². The lowest BCUT2D eigenvalue weighted by atomic mass is 9.97. The van der Waals surface area contributed by atoms with Crippen LogP contribution < -0.4 is 0 Å². The monoisotopic (exact) mass is 782 g/mol.